The van der Waals surface area contributed by atoms with E-state index in [0.29, 0.717) is 11.3 Å². The van der Waals surface area contributed by atoms with Crippen molar-refractivity contribution in [1.82, 2.24) is 0 Å². The van der Waals surface area contributed by atoms with Gasteiger partial charge in [0, 0.05) is 11.0 Å². The second-order valence-corrected chi connectivity index (χ2v) is 5.48. The molecule has 2 N–H and O–H groups in total. The van der Waals surface area contributed by atoms with Gasteiger partial charge in [-0.15, -0.1) is 0 Å². The van der Waals surface area contributed by atoms with Gasteiger partial charge in [0.25, 0.3) is 0 Å². The van der Waals surface area contributed by atoms with E-state index < -0.39 is 0 Å². The maximum absolute atomic E-state index is 6.00. The Labute approximate surface area is 103 Å². The second kappa shape index (κ2) is 4.02. The summed E-state index contributed by atoms with van der Waals surface area (Å²) in [5.74, 6) is 1.74. The SMILES string of the molecule is COc1cccc2c1C1(CCC1)C(CN)CC2. The van der Waals surface area contributed by atoms with E-state index in [2.05, 4.69) is 18.2 Å². The summed E-state index contributed by atoms with van der Waals surface area (Å²) in [7, 11) is 1.79. The highest BCUT2D eigenvalue weighted by Gasteiger charge is 2.49. The number of hydrogen-bond donors (Lipinski definition) is 1. The third-order valence-corrected chi connectivity index (χ3v) is 4.90. The van der Waals surface area contributed by atoms with Crippen molar-refractivity contribution in [2.75, 3.05) is 13.7 Å². The molecule has 0 radical (unpaired) electrons. The highest BCUT2D eigenvalue weighted by Crippen LogP contribution is 2.56. The van der Waals surface area contributed by atoms with E-state index in [1.54, 1.807) is 7.11 Å². The number of nitrogens with two attached hydrogens (primary N) is 1. The molecule has 0 bridgehead atoms. The summed E-state index contributed by atoms with van der Waals surface area (Å²) in [6, 6.07) is 6.50. The molecule has 0 saturated heterocycles. The normalized spacial score (nSPS) is 25.2. The Morgan fingerprint density at radius 2 is 2.24 bits per heavy atom. The molecule has 17 heavy (non-hydrogen) atoms. The fraction of sp³-hybridized carbons (Fsp3) is 0.600. The topological polar surface area (TPSA) is 35.2 Å². The summed E-state index contributed by atoms with van der Waals surface area (Å²) in [6.45, 7) is 0.817. The van der Waals surface area contributed by atoms with Gasteiger partial charge in [-0.05, 0) is 49.8 Å². The van der Waals surface area contributed by atoms with E-state index >= 15 is 0 Å². The molecular weight excluding hydrogens is 210 g/mol. The minimum Gasteiger partial charge on any atom is -0.496 e. The van der Waals surface area contributed by atoms with E-state index in [-0.39, 0.29) is 0 Å². The monoisotopic (exact) mass is 231 g/mol. The highest BCUT2D eigenvalue weighted by atomic mass is 16.5. The van der Waals surface area contributed by atoms with Crippen LogP contribution in [0.25, 0.3) is 0 Å². The van der Waals surface area contributed by atoms with Crippen LogP contribution in [-0.4, -0.2) is 13.7 Å². The second-order valence-electron chi connectivity index (χ2n) is 5.48. The van der Waals surface area contributed by atoms with Crippen molar-refractivity contribution in [3.63, 3.8) is 0 Å². The molecule has 2 heteroatoms. The minimum absolute atomic E-state index is 0.342. The van der Waals surface area contributed by atoms with Gasteiger partial charge >= 0.3 is 0 Å². The number of benzene rings is 1. The standard InChI is InChI=1S/C15H21NO/c1-17-13-5-2-4-11-6-7-12(10-16)15(14(11)13)8-3-9-15/h2,4-5,12H,3,6-10,16H2,1H3. The maximum Gasteiger partial charge on any atom is 0.122 e. The van der Waals surface area contributed by atoms with Crippen molar-refractivity contribution in [3.8, 4) is 5.75 Å². The van der Waals surface area contributed by atoms with Crippen LogP contribution in [0.15, 0.2) is 18.2 Å². The molecule has 1 fully saturated rings. The first-order chi connectivity index (χ1) is 8.31. The zero-order valence-electron chi connectivity index (χ0n) is 10.5. The van der Waals surface area contributed by atoms with Gasteiger partial charge in [-0.2, -0.15) is 0 Å². The van der Waals surface area contributed by atoms with Gasteiger partial charge in [-0.25, -0.2) is 0 Å². The quantitative estimate of drug-likeness (QED) is 0.849. The van der Waals surface area contributed by atoms with E-state index in [1.165, 1.54) is 36.8 Å². The van der Waals surface area contributed by atoms with Crippen LogP contribution in [0.5, 0.6) is 5.75 Å². The largest absolute Gasteiger partial charge is 0.496 e. The summed E-state index contributed by atoms with van der Waals surface area (Å²) in [5.41, 5.74) is 9.31. The first kappa shape index (κ1) is 11.1. The number of ether oxygens (including phenoxy) is 1. The third kappa shape index (κ3) is 1.43. The molecular formula is C15H21NO. The molecule has 2 nitrogen and oxygen atoms in total. The summed E-state index contributed by atoms with van der Waals surface area (Å²) in [6.07, 6.45) is 6.34. The molecule has 3 rings (SSSR count). The van der Waals surface area contributed by atoms with Crippen LogP contribution in [0.1, 0.15) is 36.8 Å². The average molecular weight is 231 g/mol. The fourth-order valence-electron chi connectivity index (χ4n) is 3.89. The van der Waals surface area contributed by atoms with Crippen LogP contribution in [0.3, 0.4) is 0 Å². The van der Waals surface area contributed by atoms with Crippen LogP contribution in [-0.2, 0) is 11.8 Å². The molecule has 1 aromatic carbocycles. The lowest BCUT2D eigenvalue weighted by Crippen LogP contribution is -2.48. The molecule has 1 spiro atoms. The molecule has 0 aromatic heterocycles. The Bertz CT molecular complexity index is 409. The lowest BCUT2D eigenvalue weighted by atomic mass is 9.53. The average Bonchev–Trinajstić information content (AvgIpc) is 2.34. The summed E-state index contributed by atoms with van der Waals surface area (Å²) in [5, 5.41) is 0. The molecule has 2 aliphatic rings. The van der Waals surface area contributed by atoms with Crippen molar-refractivity contribution >= 4 is 0 Å². The van der Waals surface area contributed by atoms with Crippen LogP contribution in [0.4, 0.5) is 0 Å². The van der Waals surface area contributed by atoms with Crippen LogP contribution < -0.4 is 10.5 Å². The van der Waals surface area contributed by atoms with Crippen molar-refractivity contribution in [2.45, 2.75) is 37.5 Å². The maximum atomic E-state index is 6.00. The lowest BCUT2D eigenvalue weighted by molar-refractivity contribution is 0.125. The molecule has 2 aliphatic carbocycles. The van der Waals surface area contributed by atoms with Gasteiger partial charge in [-0.3, -0.25) is 0 Å². The number of methoxy groups -OCH3 is 1. The van der Waals surface area contributed by atoms with Gasteiger partial charge in [0.15, 0.2) is 0 Å². The molecule has 0 aliphatic heterocycles. The molecule has 1 unspecified atom stereocenters. The lowest BCUT2D eigenvalue weighted by Gasteiger charge is -2.52. The van der Waals surface area contributed by atoms with Gasteiger partial charge < -0.3 is 10.5 Å². The van der Waals surface area contributed by atoms with Crippen LogP contribution in [0.2, 0.25) is 0 Å². The van der Waals surface area contributed by atoms with E-state index in [0.717, 1.165) is 18.7 Å². The van der Waals surface area contributed by atoms with E-state index in [1.807, 2.05) is 0 Å². The van der Waals surface area contributed by atoms with Crippen LogP contribution >= 0.6 is 0 Å². The molecule has 92 valence electrons. The summed E-state index contributed by atoms with van der Waals surface area (Å²) in [4.78, 5) is 0. The summed E-state index contributed by atoms with van der Waals surface area (Å²) < 4.78 is 5.60. The van der Waals surface area contributed by atoms with Crippen molar-refractivity contribution in [1.29, 1.82) is 0 Å². The smallest absolute Gasteiger partial charge is 0.122 e. The fourth-order valence-corrected chi connectivity index (χ4v) is 3.89. The zero-order chi connectivity index (χ0) is 11.9. The van der Waals surface area contributed by atoms with Crippen molar-refractivity contribution in [3.05, 3.63) is 29.3 Å². The summed E-state index contributed by atoms with van der Waals surface area (Å²) >= 11 is 0. The Kier molecular flexibility index (Phi) is 2.62. The predicted octanol–water partition coefficient (Wildman–Crippen LogP) is 2.64. The molecule has 1 saturated carbocycles. The molecule has 1 atom stereocenters. The Morgan fingerprint density at radius 3 is 2.82 bits per heavy atom. The molecule has 0 amide bonds. The van der Waals surface area contributed by atoms with E-state index in [9.17, 15) is 0 Å². The first-order valence-electron chi connectivity index (χ1n) is 6.68. The van der Waals surface area contributed by atoms with Crippen molar-refractivity contribution < 1.29 is 4.74 Å². The Hall–Kier alpha value is -1.02. The van der Waals surface area contributed by atoms with Gasteiger partial charge in [0.2, 0.25) is 0 Å². The highest BCUT2D eigenvalue weighted by molar-refractivity contribution is 5.49. The predicted molar refractivity (Wildman–Crippen MR) is 69.4 cm³/mol. The first-order valence-corrected chi connectivity index (χ1v) is 6.68. The third-order valence-electron chi connectivity index (χ3n) is 4.90. The van der Waals surface area contributed by atoms with Gasteiger partial charge in [-0.1, -0.05) is 18.6 Å². The van der Waals surface area contributed by atoms with Crippen LogP contribution in [0, 0.1) is 5.92 Å². The Morgan fingerprint density at radius 1 is 1.41 bits per heavy atom. The molecule has 0 heterocycles. The molecule has 1 aromatic rings. The number of hydrogen-bond acceptors (Lipinski definition) is 2. The minimum atomic E-state index is 0.342. The zero-order valence-corrected chi connectivity index (χ0v) is 10.5. The van der Waals surface area contributed by atoms with Crippen molar-refractivity contribution in [2.24, 2.45) is 11.7 Å². The number of aryl methyl sites for hydroxylation is 1. The number of rotatable bonds is 2. The van der Waals surface area contributed by atoms with Gasteiger partial charge in [0.1, 0.15) is 5.75 Å². The van der Waals surface area contributed by atoms with Gasteiger partial charge in [0.05, 0.1) is 7.11 Å². The Balaban J connectivity index is 2.14. The van der Waals surface area contributed by atoms with E-state index in [4.69, 9.17) is 10.5 Å². The number of fused-ring (bicyclic) bond motifs is 2.